The number of hydrogen-bond donors (Lipinski definition) is 1. The van der Waals surface area contributed by atoms with E-state index in [4.69, 9.17) is 5.73 Å². The van der Waals surface area contributed by atoms with Crippen molar-refractivity contribution in [2.75, 3.05) is 0 Å². The summed E-state index contributed by atoms with van der Waals surface area (Å²) in [5.74, 6) is 0. The summed E-state index contributed by atoms with van der Waals surface area (Å²) in [6.45, 7) is 7.61. The molecule has 1 aromatic heterocycles. The van der Waals surface area contributed by atoms with Crippen LogP contribution in [-0.4, -0.2) is 15.0 Å². The van der Waals surface area contributed by atoms with Crippen LogP contribution in [0.4, 0.5) is 0 Å². The van der Waals surface area contributed by atoms with Crippen molar-refractivity contribution >= 4 is 5.70 Å². The molecule has 0 unspecified atom stereocenters. The zero-order chi connectivity index (χ0) is 8.43. The Hall–Kier alpha value is -1.32. The third kappa shape index (κ3) is 1.58. The average molecular weight is 152 g/mol. The minimum Gasteiger partial charge on any atom is -0.397 e. The molecule has 0 saturated heterocycles. The molecule has 2 N–H and O–H groups in total. The SMILES string of the molecule is C=C(N)c1cn(C(C)C)nn1. The van der Waals surface area contributed by atoms with Gasteiger partial charge in [-0.25, -0.2) is 4.68 Å². The summed E-state index contributed by atoms with van der Waals surface area (Å²) in [6.07, 6.45) is 1.78. The first kappa shape index (κ1) is 7.78. The molecule has 0 aliphatic rings. The second-order valence-electron chi connectivity index (χ2n) is 2.70. The fourth-order valence-corrected chi connectivity index (χ4v) is 0.676. The van der Waals surface area contributed by atoms with Gasteiger partial charge in [0.2, 0.25) is 0 Å². The molecule has 11 heavy (non-hydrogen) atoms. The van der Waals surface area contributed by atoms with Gasteiger partial charge >= 0.3 is 0 Å². The highest BCUT2D eigenvalue weighted by atomic mass is 15.4. The van der Waals surface area contributed by atoms with Gasteiger partial charge in [0.1, 0.15) is 5.69 Å². The van der Waals surface area contributed by atoms with Crippen LogP contribution in [0.1, 0.15) is 25.6 Å². The van der Waals surface area contributed by atoms with Gasteiger partial charge in [0.05, 0.1) is 11.9 Å². The highest BCUT2D eigenvalue weighted by Crippen LogP contribution is 2.05. The summed E-state index contributed by atoms with van der Waals surface area (Å²) in [7, 11) is 0. The Labute approximate surface area is 65.7 Å². The smallest absolute Gasteiger partial charge is 0.128 e. The fraction of sp³-hybridized carbons (Fsp3) is 0.429. The summed E-state index contributed by atoms with van der Waals surface area (Å²) in [4.78, 5) is 0. The molecule has 0 bridgehead atoms. The summed E-state index contributed by atoms with van der Waals surface area (Å²) < 4.78 is 1.74. The van der Waals surface area contributed by atoms with Crippen LogP contribution in [0.3, 0.4) is 0 Å². The van der Waals surface area contributed by atoms with E-state index in [-0.39, 0.29) is 0 Å². The summed E-state index contributed by atoms with van der Waals surface area (Å²) in [5.41, 5.74) is 6.52. The quantitative estimate of drug-likeness (QED) is 0.681. The third-order valence-corrected chi connectivity index (χ3v) is 1.37. The van der Waals surface area contributed by atoms with Crippen molar-refractivity contribution in [3.63, 3.8) is 0 Å². The molecule has 1 rings (SSSR count). The van der Waals surface area contributed by atoms with E-state index in [9.17, 15) is 0 Å². The van der Waals surface area contributed by atoms with Gasteiger partial charge in [-0.05, 0) is 13.8 Å². The van der Waals surface area contributed by atoms with Crippen molar-refractivity contribution in [2.24, 2.45) is 5.73 Å². The van der Waals surface area contributed by atoms with E-state index in [1.807, 2.05) is 13.8 Å². The predicted octanol–water partition coefficient (Wildman–Crippen LogP) is 0.788. The van der Waals surface area contributed by atoms with E-state index in [0.29, 0.717) is 17.4 Å². The summed E-state index contributed by atoms with van der Waals surface area (Å²) >= 11 is 0. The van der Waals surface area contributed by atoms with Crippen LogP contribution >= 0.6 is 0 Å². The molecular formula is C7H12N4. The minimum absolute atomic E-state index is 0.315. The Morgan fingerprint density at radius 2 is 2.36 bits per heavy atom. The van der Waals surface area contributed by atoms with E-state index in [2.05, 4.69) is 16.9 Å². The lowest BCUT2D eigenvalue weighted by Crippen LogP contribution is -2.00. The number of aromatic nitrogens is 3. The maximum atomic E-state index is 5.42. The second-order valence-corrected chi connectivity index (χ2v) is 2.70. The lowest BCUT2D eigenvalue weighted by atomic mass is 10.4. The van der Waals surface area contributed by atoms with Gasteiger partial charge in [-0.15, -0.1) is 5.10 Å². The van der Waals surface area contributed by atoms with Crippen molar-refractivity contribution in [1.82, 2.24) is 15.0 Å². The molecule has 0 fully saturated rings. The third-order valence-electron chi connectivity index (χ3n) is 1.37. The van der Waals surface area contributed by atoms with Crippen LogP contribution in [0.2, 0.25) is 0 Å². The highest BCUT2D eigenvalue weighted by molar-refractivity contribution is 5.54. The van der Waals surface area contributed by atoms with Gasteiger partial charge in [-0.1, -0.05) is 11.8 Å². The maximum Gasteiger partial charge on any atom is 0.128 e. The molecular weight excluding hydrogens is 140 g/mol. The molecule has 4 heteroatoms. The normalized spacial score (nSPS) is 10.5. The van der Waals surface area contributed by atoms with Crippen LogP contribution in [0.15, 0.2) is 12.8 Å². The van der Waals surface area contributed by atoms with E-state index in [0.717, 1.165) is 0 Å². The Morgan fingerprint density at radius 3 is 2.64 bits per heavy atom. The van der Waals surface area contributed by atoms with Crippen LogP contribution < -0.4 is 5.73 Å². The van der Waals surface area contributed by atoms with E-state index in [1.54, 1.807) is 10.9 Å². The lowest BCUT2D eigenvalue weighted by Gasteiger charge is -2.00. The Kier molecular flexibility index (Phi) is 1.94. The van der Waals surface area contributed by atoms with Crippen molar-refractivity contribution in [3.8, 4) is 0 Å². The van der Waals surface area contributed by atoms with E-state index in [1.165, 1.54) is 0 Å². The van der Waals surface area contributed by atoms with Gasteiger partial charge in [0, 0.05) is 6.04 Å². The van der Waals surface area contributed by atoms with Gasteiger partial charge in [0.25, 0.3) is 0 Å². The molecule has 0 aliphatic heterocycles. The maximum absolute atomic E-state index is 5.42. The topological polar surface area (TPSA) is 56.7 Å². The molecule has 0 aromatic carbocycles. The molecule has 4 nitrogen and oxygen atoms in total. The average Bonchev–Trinajstić information content (AvgIpc) is 2.33. The van der Waals surface area contributed by atoms with E-state index >= 15 is 0 Å². The van der Waals surface area contributed by atoms with E-state index < -0.39 is 0 Å². The molecule has 1 heterocycles. The molecule has 0 aliphatic carbocycles. The number of rotatable bonds is 2. The second kappa shape index (κ2) is 2.74. The minimum atomic E-state index is 0.315. The molecule has 0 saturated carbocycles. The molecule has 0 radical (unpaired) electrons. The summed E-state index contributed by atoms with van der Waals surface area (Å²) in [6, 6.07) is 0.315. The number of nitrogens with two attached hydrogens (primary N) is 1. The molecule has 0 amide bonds. The van der Waals surface area contributed by atoms with Gasteiger partial charge in [-0.2, -0.15) is 0 Å². The van der Waals surface area contributed by atoms with Gasteiger partial charge in [-0.3, -0.25) is 0 Å². The molecule has 60 valence electrons. The zero-order valence-corrected chi connectivity index (χ0v) is 6.78. The van der Waals surface area contributed by atoms with Crippen LogP contribution in [0.25, 0.3) is 5.70 Å². The van der Waals surface area contributed by atoms with Crippen LogP contribution in [0.5, 0.6) is 0 Å². The largest absolute Gasteiger partial charge is 0.397 e. The van der Waals surface area contributed by atoms with Crippen LogP contribution in [-0.2, 0) is 0 Å². The van der Waals surface area contributed by atoms with Crippen molar-refractivity contribution in [1.29, 1.82) is 0 Å². The Bertz CT molecular complexity index is 261. The van der Waals surface area contributed by atoms with Crippen molar-refractivity contribution in [3.05, 3.63) is 18.5 Å². The summed E-state index contributed by atoms with van der Waals surface area (Å²) in [5, 5.41) is 7.69. The molecule has 0 spiro atoms. The predicted molar refractivity (Wildman–Crippen MR) is 43.6 cm³/mol. The van der Waals surface area contributed by atoms with Crippen LogP contribution in [0, 0.1) is 0 Å². The Morgan fingerprint density at radius 1 is 1.73 bits per heavy atom. The van der Waals surface area contributed by atoms with Crippen molar-refractivity contribution < 1.29 is 0 Å². The van der Waals surface area contributed by atoms with Gasteiger partial charge < -0.3 is 5.73 Å². The fourth-order valence-electron chi connectivity index (χ4n) is 0.676. The number of nitrogens with zero attached hydrogens (tertiary/aromatic N) is 3. The monoisotopic (exact) mass is 152 g/mol. The van der Waals surface area contributed by atoms with Gasteiger partial charge in [0.15, 0.2) is 0 Å². The first-order valence-corrected chi connectivity index (χ1v) is 3.48. The Balaban J connectivity index is 2.90. The lowest BCUT2D eigenvalue weighted by molar-refractivity contribution is 0.514. The van der Waals surface area contributed by atoms with Crippen molar-refractivity contribution in [2.45, 2.75) is 19.9 Å². The first-order valence-electron chi connectivity index (χ1n) is 3.48. The molecule has 1 aromatic rings. The standard InChI is InChI=1S/C7H12N4/c1-5(2)11-4-7(6(3)8)9-10-11/h4-5H,3,8H2,1-2H3. The first-order chi connectivity index (χ1) is 5.11. The zero-order valence-electron chi connectivity index (χ0n) is 6.78. The molecule has 0 atom stereocenters. The number of hydrogen-bond acceptors (Lipinski definition) is 3. The highest BCUT2D eigenvalue weighted by Gasteiger charge is 2.02.